The van der Waals surface area contributed by atoms with Crippen LogP contribution in [0.25, 0.3) is 49.9 Å². The van der Waals surface area contributed by atoms with Gasteiger partial charge in [0.25, 0.3) is 0 Å². The molecule has 0 aliphatic carbocycles. The number of hydrogen-bond acceptors (Lipinski definition) is 3. The van der Waals surface area contributed by atoms with Crippen molar-refractivity contribution in [3.63, 3.8) is 0 Å². The van der Waals surface area contributed by atoms with Gasteiger partial charge in [-0.05, 0) is 24.3 Å². The molecule has 0 aliphatic rings. The molecule has 0 bridgehead atoms. The van der Waals surface area contributed by atoms with Crippen molar-refractivity contribution in [2.75, 3.05) is 0 Å². The van der Waals surface area contributed by atoms with Crippen molar-refractivity contribution in [2.24, 2.45) is 0 Å². The third-order valence-electron chi connectivity index (χ3n) is 5.21. The van der Waals surface area contributed by atoms with Crippen LogP contribution in [0.4, 0.5) is 0 Å². The minimum Gasteiger partial charge on any atom is -0.464 e. The van der Waals surface area contributed by atoms with Gasteiger partial charge in [0.05, 0.1) is 35.4 Å². The molecule has 0 saturated carbocycles. The number of rotatable bonds is 2. The Hall–Kier alpha value is -3.92. The molecule has 0 fully saturated rings. The zero-order valence-electron chi connectivity index (χ0n) is 14.9. The molecule has 0 unspecified atom stereocenters. The molecule has 0 amide bonds. The van der Waals surface area contributed by atoms with Crippen molar-refractivity contribution in [1.82, 2.24) is 14.5 Å². The lowest BCUT2D eigenvalue weighted by Crippen LogP contribution is -1.98. The van der Waals surface area contributed by atoms with Gasteiger partial charge in [-0.3, -0.25) is 9.55 Å². The molecule has 0 aliphatic heterocycles. The number of furan rings is 1. The molecule has 132 valence electrons. The molecule has 0 spiro atoms. The van der Waals surface area contributed by atoms with Crippen molar-refractivity contribution in [3.8, 4) is 17.1 Å². The Labute approximate surface area is 160 Å². The van der Waals surface area contributed by atoms with E-state index >= 15 is 0 Å². The number of nitrogens with zero attached hydrogens (tertiary/aromatic N) is 3. The lowest BCUT2D eigenvalue weighted by atomic mass is 10.1. The van der Waals surface area contributed by atoms with Crippen molar-refractivity contribution in [2.45, 2.75) is 0 Å². The van der Waals surface area contributed by atoms with Crippen LogP contribution in [0.1, 0.15) is 0 Å². The quantitative estimate of drug-likeness (QED) is 0.381. The van der Waals surface area contributed by atoms with Gasteiger partial charge in [0, 0.05) is 21.7 Å². The second-order valence-electron chi connectivity index (χ2n) is 6.77. The Morgan fingerprint density at radius 3 is 2.39 bits per heavy atom. The Morgan fingerprint density at radius 2 is 1.54 bits per heavy atom. The van der Waals surface area contributed by atoms with Crippen LogP contribution >= 0.6 is 0 Å². The topological polar surface area (TPSA) is 43.9 Å². The molecule has 6 rings (SSSR count). The Balaban J connectivity index is 1.63. The molecular formula is C24H15N3O. The maximum atomic E-state index is 5.62. The van der Waals surface area contributed by atoms with Crippen LogP contribution in [-0.2, 0) is 0 Å². The molecule has 0 radical (unpaired) electrons. The fourth-order valence-corrected chi connectivity index (χ4v) is 3.95. The van der Waals surface area contributed by atoms with Gasteiger partial charge in [-0.2, -0.15) is 0 Å². The van der Waals surface area contributed by atoms with Crippen LogP contribution < -0.4 is 0 Å². The summed E-state index contributed by atoms with van der Waals surface area (Å²) in [5.41, 5.74) is 5.01. The molecule has 4 heteroatoms. The van der Waals surface area contributed by atoms with Crippen LogP contribution in [0.2, 0.25) is 0 Å². The fraction of sp³-hybridized carbons (Fsp3) is 0. The lowest BCUT2D eigenvalue weighted by Gasteiger charge is -2.07. The van der Waals surface area contributed by atoms with Gasteiger partial charge in [0.2, 0.25) is 0 Å². The SMILES string of the molecule is c1ccc(-c2cnc(-n3c4ccccc4c4c5ccoc5ccc43)cn2)cc1. The van der Waals surface area contributed by atoms with Gasteiger partial charge in [0.1, 0.15) is 5.58 Å². The van der Waals surface area contributed by atoms with E-state index in [2.05, 4.69) is 39.9 Å². The first-order chi connectivity index (χ1) is 13.9. The average molecular weight is 361 g/mol. The second-order valence-corrected chi connectivity index (χ2v) is 6.77. The minimum atomic E-state index is 0.800. The summed E-state index contributed by atoms with van der Waals surface area (Å²) in [6.45, 7) is 0. The molecule has 0 saturated heterocycles. The highest BCUT2D eigenvalue weighted by Crippen LogP contribution is 2.36. The van der Waals surface area contributed by atoms with Gasteiger partial charge in [-0.1, -0.05) is 48.5 Å². The molecule has 3 aromatic carbocycles. The van der Waals surface area contributed by atoms with Gasteiger partial charge in [0.15, 0.2) is 5.82 Å². The lowest BCUT2D eigenvalue weighted by molar-refractivity contribution is 0.616. The second kappa shape index (κ2) is 5.79. The smallest absolute Gasteiger partial charge is 0.156 e. The maximum Gasteiger partial charge on any atom is 0.156 e. The van der Waals surface area contributed by atoms with Gasteiger partial charge in [-0.15, -0.1) is 0 Å². The summed E-state index contributed by atoms with van der Waals surface area (Å²) in [6.07, 6.45) is 5.42. The predicted molar refractivity (Wildman–Crippen MR) is 112 cm³/mol. The monoisotopic (exact) mass is 361 g/mol. The highest BCUT2D eigenvalue weighted by Gasteiger charge is 2.16. The third kappa shape index (κ3) is 2.12. The van der Waals surface area contributed by atoms with Crippen LogP contribution in [0, 0.1) is 0 Å². The van der Waals surface area contributed by atoms with Crippen molar-refractivity contribution >= 4 is 32.8 Å². The minimum absolute atomic E-state index is 0.800. The largest absolute Gasteiger partial charge is 0.464 e. The van der Waals surface area contributed by atoms with E-state index < -0.39 is 0 Å². The van der Waals surface area contributed by atoms with Crippen LogP contribution in [-0.4, -0.2) is 14.5 Å². The first-order valence-electron chi connectivity index (χ1n) is 9.17. The van der Waals surface area contributed by atoms with Crippen LogP contribution in [0.3, 0.4) is 0 Å². The maximum absolute atomic E-state index is 5.62. The van der Waals surface area contributed by atoms with E-state index in [-0.39, 0.29) is 0 Å². The predicted octanol–water partition coefficient (Wildman–Crippen LogP) is 5.99. The summed E-state index contributed by atoms with van der Waals surface area (Å²) in [4.78, 5) is 9.41. The first-order valence-corrected chi connectivity index (χ1v) is 9.17. The average Bonchev–Trinajstić information content (AvgIpc) is 3.36. The fourth-order valence-electron chi connectivity index (χ4n) is 3.95. The van der Waals surface area contributed by atoms with E-state index in [0.29, 0.717) is 0 Å². The van der Waals surface area contributed by atoms with Crippen molar-refractivity contribution in [1.29, 1.82) is 0 Å². The van der Waals surface area contributed by atoms with Crippen LogP contribution in [0.5, 0.6) is 0 Å². The summed E-state index contributed by atoms with van der Waals surface area (Å²) in [5, 5.41) is 3.47. The van der Waals surface area contributed by atoms with E-state index in [9.17, 15) is 0 Å². The molecule has 0 atom stereocenters. The van der Waals surface area contributed by atoms with Crippen LogP contribution in [0.15, 0.2) is 95.9 Å². The molecule has 0 N–H and O–H groups in total. The zero-order chi connectivity index (χ0) is 18.5. The highest BCUT2D eigenvalue weighted by molar-refractivity contribution is 6.20. The summed E-state index contributed by atoms with van der Waals surface area (Å²) >= 11 is 0. The highest BCUT2D eigenvalue weighted by atomic mass is 16.3. The number of para-hydroxylation sites is 1. The third-order valence-corrected chi connectivity index (χ3v) is 5.21. The molecule has 3 aromatic heterocycles. The molecule has 3 heterocycles. The van der Waals surface area contributed by atoms with Gasteiger partial charge < -0.3 is 4.42 Å². The molecule has 6 aromatic rings. The molecular weight excluding hydrogens is 346 g/mol. The molecule has 28 heavy (non-hydrogen) atoms. The van der Waals surface area contributed by atoms with Crippen molar-refractivity contribution < 1.29 is 4.42 Å². The summed E-state index contributed by atoms with van der Waals surface area (Å²) in [5.74, 6) is 0.800. The number of fused-ring (bicyclic) bond motifs is 5. The first kappa shape index (κ1) is 15.2. The van der Waals surface area contributed by atoms with Gasteiger partial charge >= 0.3 is 0 Å². The summed E-state index contributed by atoms with van der Waals surface area (Å²) in [7, 11) is 0. The standard InChI is InChI=1S/C24H15N3O/c1-2-6-16(7-3-1)19-14-26-23(15-25-19)27-20-9-5-4-8-17(20)24-18-12-13-28-22(18)11-10-21(24)27/h1-15H. The Morgan fingerprint density at radius 1 is 0.679 bits per heavy atom. The Kier molecular flexibility index (Phi) is 3.14. The van der Waals surface area contributed by atoms with E-state index in [1.807, 2.05) is 54.9 Å². The van der Waals surface area contributed by atoms with E-state index in [0.717, 1.165) is 39.1 Å². The number of benzene rings is 3. The summed E-state index contributed by atoms with van der Waals surface area (Å²) < 4.78 is 7.78. The van der Waals surface area contributed by atoms with Gasteiger partial charge in [-0.25, -0.2) is 4.98 Å². The Bertz CT molecular complexity index is 1440. The van der Waals surface area contributed by atoms with E-state index in [1.54, 1.807) is 6.26 Å². The normalized spacial score (nSPS) is 11.6. The number of aromatic nitrogens is 3. The van der Waals surface area contributed by atoms with E-state index in [1.165, 1.54) is 10.8 Å². The number of hydrogen-bond donors (Lipinski definition) is 0. The zero-order valence-corrected chi connectivity index (χ0v) is 14.9. The molecule has 4 nitrogen and oxygen atoms in total. The summed E-state index contributed by atoms with van der Waals surface area (Å²) in [6, 6.07) is 24.6. The van der Waals surface area contributed by atoms with E-state index in [4.69, 9.17) is 9.40 Å². The van der Waals surface area contributed by atoms with Crippen molar-refractivity contribution in [3.05, 3.63) is 91.5 Å².